The fraction of sp³-hybridized carbons (Fsp3) is 0.600. The van der Waals surface area contributed by atoms with Gasteiger partial charge in [0.1, 0.15) is 10.6 Å². The minimum atomic E-state index is -3.67. The summed E-state index contributed by atoms with van der Waals surface area (Å²) in [4.78, 5) is 16.9. The molecule has 0 bridgehead atoms. The molecule has 1 aromatic heterocycles. The second-order valence-electron chi connectivity index (χ2n) is 6.00. The van der Waals surface area contributed by atoms with Gasteiger partial charge in [0, 0.05) is 38.3 Å². The fourth-order valence-corrected chi connectivity index (χ4v) is 4.57. The van der Waals surface area contributed by atoms with E-state index < -0.39 is 10.0 Å². The largest absolute Gasteiger partial charge is 0.356 e. The van der Waals surface area contributed by atoms with Crippen LogP contribution in [0.4, 0.5) is 0 Å². The van der Waals surface area contributed by atoms with Gasteiger partial charge in [0.25, 0.3) is 5.91 Å². The predicted molar refractivity (Wildman–Crippen MR) is 83.1 cm³/mol. The highest BCUT2D eigenvalue weighted by atomic mass is 32.2. The van der Waals surface area contributed by atoms with Gasteiger partial charge in [0.15, 0.2) is 0 Å². The van der Waals surface area contributed by atoms with Crippen LogP contribution in [0.2, 0.25) is 0 Å². The van der Waals surface area contributed by atoms with E-state index in [1.807, 2.05) is 6.07 Å². The van der Waals surface area contributed by atoms with E-state index in [2.05, 4.69) is 4.98 Å². The maximum atomic E-state index is 12.7. The van der Waals surface area contributed by atoms with Crippen LogP contribution in [-0.4, -0.2) is 54.2 Å². The van der Waals surface area contributed by atoms with Crippen molar-refractivity contribution >= 4 is 15.9 Å². The van der Waals surface area contributed by atoms with Crippen LogP contribution in [0.15, 0.2) is 17.2 Å². The summed E-state index contributed by atoms with van der Waals surface area (Å²) in [5.74, 6) is -0.154. The van der Waals surface area contributed by atoms with Crippen molar-refractivity contribution in [2.45, 2.75) is 43.0 Å². The first kappa shape index (κ1) is 16.0. The van der Waals surface area contributed by atoms with E-state index in [-0.39, 0.29) is 29.8 Å². The molecule has 23 heavy (non-hydrogen) atoms. The average molecular weight is 336 g/mol. The summed E-state index contributed by atoms with van der Waals surface area (Å²) < 4.78 is 26.9. The summed E-state index contributed by atoms with van der Waals surface area (Å²) in [5.41, 5.74) is 0.307. The summed E-state index contributed by atoms with van der Waals surface area (Å²) in [7, 11) is -3.67. The van der Waals surface area contributed by atoms with E-state index in [1.165, 1.54) is 16.6 Å². The van der Waals surface area contributed by atoms with Crippen LogP contribution >= 0.6 is 0 Å². The number of amides is 1. The Kier molecular flexibility index (Phi) is 4.41. The van der Waals surface area contributed by atoms with Crippen molar-refractivity contribution in [2.24, 2.45) is 0 Å². The molecule has 1 aromatic rings. The number of aromatic nitrogens is 1. The summed E-state index contributed by atoms with van der Waals surface area (Å²) >= 11 is 0. The maximum Gasteiger partial charge on any atom is 0.270 e. The van der Waals surface area contributed by atoms with Crippen molar-refractivity contribution in [2.75, 3.05) is 19.6 Å². The third-order valence-electron chi connectivity index (χ3n) is 4.28. The van der Waals surface area contributed by atoms with E-state index in [0.29, 0.717) is 5.69 Å². The number of hydrogen-bond donors (Lipinski definition) is 1. The molecule has 0 aromatic carbocycles. The molecule has 1 aliphatic heterocycles. The van der Waals surface area contributed by atoms with Crippen LogP contribution in [0.5, 0.6) is 0 Å². The van der Waals surface area contributed by atoms with E-state index in [0.717, 1.165) is 38.8 Å². The molecule has 2 fully saturated rings. The number of nitrogens with one attached hydrogen (secondary N) is 1. The Labute approximate surface area is 135 Å². The molecular formula is C15H20N4O3S. The lowest BCUT2D eigenvalue weighted by atomic mass is 10.4. The molecule has 2 aliphatic rings. The minimum Gasteiger partial charge on any atom is -0.356 e. The number of carbonyl (C=O) groups is 1. The quantitative estimate of drug-likeness (QED) is 0.847. The molecule has 3 rings (SSSR count). The summed E-state index contributed by atoms with van der Waals surface area (Å²) in [6.07, 6.45) is 5.17. The smallest absolute Gasteiger partial charge is 0.270 e. The number of aromatic amines is 1. The number of nitriles is 1. The van der Waals surface area contributed by atoms with E-state index in [4.69, 9.17) is 5.26 Å². The normalized spacial score (nSPS) is 18.3. The lowest BCUT2D eigenvalue weighted by molar-refractivity contribution is 0.0787. The number of likely N-dealkylation sites (tertiary alicyclic amines) is 1. The third kappa shape index (κ3) is 3.26. The van der Waals surface area contributed by atoms with Gasteiger partial charge in [-0.05, 0) is 31.7 Å². The Hall–Kier alpha value is -1.85. The molecule has 0 radical (unpaired) electrons. The number of H-pyrrole nitrogens is 1. The zero-order valence-electron chi connectivity index (χ0n) is 12.9. The van der Waals surface area contributed by atoms with Gasteiger partial charge in [-0.15, -0.1) is 0 Å². The highest BCUT2D eigenvalue weighted by Gasteiger charge is 2.38. The number of rotatable bonds is 6. The predicted octanol–water partition coefficient (Wildman–Crippen LogP) is 1.32. The molecule has 1 saturated heterocycles. The number of carbonyl (C=O) groups excluding carboxylic acids is 1. The van der Waals surface area contributed by atoms with Gasteiger partial charge in [-0.25, -0.2) is 8.42 Å². The van der Waals surface area contributed by atoms with Gasteiger partial charge < -0.3 is 9.88 Å². The Morgan fingerprint density at radius 1 is 1.39 bits per heavy atom. The van der Waals surface area contributed by atoms with Crippen molar-refractivity contribution in [3.05, 3.63) is 18.0 Å². The van der Waals surface area contributed by atoms with Crippen LogP contribution < -0.4 is 0 Å². The van der Waals surface area contributed by atoms with E-state index >= 15 is 0 Å². The zero-order chi connectivity index (χ0) is 16.4. The van der Waals surface area contributed by atoms with Crippen molar-refractivity contribution in [1.82, 2.24) is 14.2 Å². The summed E-state index contributed by atoms with van der Waals surface area (Å²) in [6.45, 7) is 1.64. The molecule has 1 N–H and O–H groups in total. The van der Waals surface area contributed by atoms with Gasteiger partial charge in [-0.2, -0.15) is 9.57 Å². The first-order valence-corrected chi connectivity index (χ1v) is 9.34. The first-order chi connectivity index (χ1) is 11.0. The van der Waals surface area contributed by atoms with Crippen LogP contribution in [0.1, 0.15) is 42.6 Å². The Morgan fingerprint density at radius 2 is 2.09 bits per heavy atom. The van der Waals surface area contributed by atoms with Crippen molar-refractivity contribution in [1.29, 1.82) is 5.26 Å². The molecule has 7 nitrogen and oxygen atoms in total. The summed E-state index contributed by atoms with van der Waals surface area (Å²) in [6, 6.07) is 3.39. The Morgan fingerprint density at radius 3 is 2.70 bits per heavy atom. The van der Waals surface area contributed by atoms with Gasteiger partial charge in [-0.1, -0.05) is 0 Å². The monoisotopic (exact) mass is 336 g/mol. The molecule has 1 aliphatic carbocycles. The summed E-state index contributed by atoms with van der Waals surface area (Å²) in [5, 5.41) is 8.72. The maximum absolute atomic E-state index is 12.7. The van der Waals surface area contributed by atoms with Crippen LogP contribution in [-0.2, 0) is 10.0 Å². The van der Waals surface area contributed by atoms with Crippen molar-refractivity contribution in [3.63, 3.8) is 0 Å². The number of hydrogen-bond acceptors (Lipinski definition) is 4. The minimum absolute atomic E-state index is 0.0130. The van der Waals surface area contributed by atoms with Crippen LogP contribution in [0, 0.1) is 11.3 Å². The van der Waals surface area contributed by atoms with E-state index in [1.54, 1.807) is 4.90 Å². The lowest BCUT2D eigenvalue weighted by Crippen LogP contribution is -2.33. The van der Waals surface area contributed by atoms with Gasteiger partial charge in [0.05, 0.1) is 6.07 Å². The average Bonchev–Trinajstić information content (AvgIpc) is 3.05. The third-order valence-corrected chi connectivity index (χ3v) is 6.21. The highest BCUT2D eigenvalue weighted by Crippen LogP contribution is 2.32. The molecule has 1 saturated carbocycles. The molecule has 0 unspecified atom stereocenters. The highest BCUT2D eigenvalue weighted by molar-refractivity contribution is 7.89. The number of nitrogens with zero attached hydrogens (tertiary/aromatic N) is 3. The lowest BCUT2D eigenvalue weighted by Gasteiger charge is -2.19. The molecule has 8 heteroatoms. The SMILES string of the molecule is N#CCCN(C1CC1)S(=O)(=O)c1c[nH]c(C(=O)N2CCCC2)c1. The fourth-order valence-electron chi connectivity index (χ4n) is 2.89. The molecule has 2 heterocycles. The van der Waals surface area contributed by atoms with Crippen molar-refractivity contribution in [3.8, 4) is 6.07 Å². The molecule has 0 atom stereocenters. The van der Waals surface area contributed by atoms with Crippen LogP contribution in [0.25, 0.3) is 0 Å². The van der Waals surface area contributed by atoms with Gasteiger partial charge in [0.2, 0.25) is 10.0 Å². The Bertz CT molecular complexity index is 724. The number of sulfonamides is 1. The second-order valence-corrected chi connectivity index (χ2v) is 7.89. The van der Waals surface area contributed by atoms with E-state index in [9.17, 15) is 13.2 Å². The zero-order valence-corrected chi connectivity index (χ0v) is 13.7. The van der Waals surface area contributed by atoms with Crippen LogP contribution in [0.3, 0.4) is 0 Å². The molecule has 0 spiro atoms. The molecule has 124 valence electrons. The first-order valence-electron chi connectivity index (χ1n) is 7.90. The molecule has 1 amide bonds. The Balaban J connectivity index is 1.80. The standard InChI is InChI=1S/C15H20N4O3S/c16-6-3-9-19(12-4-5-12)23(21,22)13-10-14(17-11-13)15(20)18-7-1-2-8-18/h10-12,17H,1-5,7-9H2. The van der Waals surface area contributed by atoms with Crippen molar-refractivity contribution < 1.29 is 13.2 Å². The molecular weight excluding hydrogens is 316 g/mol. The van der Waals surface area contributed by atoms with Gasteiger partial charge in [-0.3, -0.25) is 4.79 Å². The second kappa shape index (κ2) is 6.34. The van der Waals surface area contributed by atoms with Gasteiger partial charge >= 0.3 is 0 Å². The topological polar surface area (TPSA) is 97.3 Å².